The van der Waals surface area contributed by atoms with Gasteiger partial charge in [-0.1, -0.05) is 29.3 Å². The summed E-state index contributed by atoms with van der Waals surface area (Å²) in [5.41, 5.74) is 6.95. The van der Waals surface area contributed by atoms with Gasteiger partial charge >= 0.3 is 0 Å². The van der Waals surface area contributed by atoms with Crippen LogP contribution in [0.1, 0.15) is 44.2 Å². The maximum Gasteiger partial charge on any atom is 0.123 e. The second kappa shape index (κ2) is 6.82. The van der Waals surface area contributed by atoms with Crippen molar-refractivity contribution in [2.45, 2.75) is 44.7 Å². The molecule has 0 aliphatic heterocycles. The molecule has 2 rings (SSSR count). The number of nitrogens with two attached hydrogens (primary N) is 1. The summed E-state index contributed by atoms with van der Waals surface area (Å²) in [5, 5.41) is 0. The van der Waals surface area contributed by atoms with Gasteiger partial charge in [0.2, 0.25) is 0 Å². The lowest BCUT2D eigenvalue weighted by Crippen LogP contribution is -2.36. The molecule has 0 aromatic heterocycles. The maximum absolute atomic E-state index is 13.5. The molecule has 19 heavy (non-hydrogen) atoms. The van der Waals surface area contributed by atoms with E-state index in [2.05, 4.69) is 27.8 Å². The number of nitrogens with zero attached hydrogens (tertiary/aromatic N) is 1. The molecule has 1 atom stereocenters. The monoisotopic (exact) mass is 328 g/mol. The van der Waals surface area contributed by atoms with E-state index >= 15 is 0 Å². The lowest BCUT2D eigenvalue weighted by molar-refractivity contribution is 0.187. The SMILES string of the molecule is CCCCN(C1CC1)C(CN)c1cc(F)ccc1Br. The highest BCUT2D eigenvalue weighted by molar-refractivity contribution is 9.10. The number of hydrogen-bond donors (Lipinski definition) is 1. The topological polar surface area (TPSA) is 29.3 Å². The van der Waals surface area contributed by atoms with Crippen LogP contribution in [0.15, 0.2) is 22.7 Å². The van der Waals surface area contributed by atoms with Gasteiger partial charge in [-0.3, -0.25) is 4.90 Å². The number of benzene rings is 1. The smallest absolute Gasteiger partial charge is 0.123 e. The van der Waals surface area contributed by atoms with Gasteiger partial charge in [-0.15, -0.1) is 0 Å². The van der Waals surface area contributed by atoms with Crippen molar-refractivity contribution in [3.63, 3.8) is 0 Å². The Morgan fingerprint density at radius 1 is 1.47 bits per heavy atom. The van der Waals surface area contributed by atoms with Gasteiger partial charge in [0.15, 0.2) is 0 Å². The molecule has 0 spiro atoms. The van der Waals surface area contributed by atoms with Gasteiger partial charge in [-0.25, -0.2) is 4.39 Å². The molecule has 106 valence electrons. The van der Waals surface area contributed by atoms with Crippen molar-refractivity contribution in [3.8, 4) is 0 Å². The molecule has 1 fully saturated rings. The highest BCUT2D eigenvalue weighted by Crippen LogP contribution is 2.36. The summed E-state index contributed by atoms with van der Waals surface area (Å²) in [6.07, 6.45) is 4.82. The first-order valence-corrected chi connectivity index (χ1v) is 7.87. The van der Waals surface area contributed by atoms with Crippen LogP contribution in [-0.4, -0.2) is 24.0 Å². The first kappa shape index (κ1) is 14.9. The van der Waals surface area contributed by atoms with Gasteiger partial charge in [0.25, 0.3) is 0 Å². The van der Waals surface area contributed by atoms with Gasteiger partial charge in [0.05, 0.1) is 0 Å². The molecule has 0 radical (unpaired) electrons. The van der Waals surface area contributed by atoms with Gasteiger partial charge < -0.3 is 5.73 Å². The van der Waals surface area contributed by atoms with Crippen molar-refractivity contribution in [2.24, 2.45) is 5.73 Å². The van der Waals surface area contributed by atoms with Crippen molar-refractivity contribution in [2.75, 3.05) is 13.1 Å². The number of hydrogen-bond acceptors (Lipinski definition) is 2. The maximum atomic E-state index is 13.5. The number of rotatable bonds is 7. The molecule has 1 aliphatic carbocycles. The van der Waals surface area contributed by atoms with Crippen LogP contribution in [0.2, 0.25) is 0 Å². The van der Waals surface area contributed by atoms with Crippen LogP contribution in [-0.2, 0) is 0 Å². The standard InChI is InChI=1S/C15H22BrFN2/c1-2-3-8-19(12-5-6-12)15(10-18)13-9-11(17)4-7-14(13)16/h4,7,9,12,15H,2-3,5-6,8,10,18H2,1H3. The zero-order valence-corrected chi connectivity index (χ0v) is 13.0. The molecule has 1 aliphatic rings. The second-order valence-corrected chi connectivity index (χ2v) is 6.09. The molecular weight excluding hydrogens is 307 g/mol. The van der Waals surface area contributed by atoms with Crippen molar-refractivity contribution < 1.29 is 4.39 Å². The first-order valence-electron chi connectivity index (χ1n) is 7.08. The molecule has 0 bridgehead atoms. The zero-order valence-electron chi connectivity index (χ0n) is 11.4. The van der Waals surface area contributed by atoms with Crippen molar-refractivity contribution in [1.29, 1.82) is 0 Å². The molecule has 1 aromatic rings. The summed E-state index contributed by atoms with van der Waals surface area (Å²) in [6, 6.07) is 5.62. The van der Waals surface area contributed by atoms with Gasteiger partial charge in [-0.05, 0) is 49.6 Å². The van der Waals surface area contributed by atoms with E-state index < -0.39 is 0 Å². The minimum Gasteiger partial charge on any atom is -0.329 e. The Hall–Kier alpha value is -0.450. The second-order valence-electron chi connectivity index (χ2n) is 5.24. The van der Waals surface area contributed by atoms with Gasteiger partial charge in [-0.2, -0.15) is 0 Å². The molecule has 1 aromatic carbocycles. The van der Waals surface area contributed by atoms with Crippen molar-refractivity contribution >= 4 is 15.9 Å². The van der Waals surface area contributed by atoms with Crippen LogP contribution in [0.3, 0.4) is 0 Å². The molecule has 0 amide bonds. The van der Waals surface area contributed by atoms with Crippen LogP contribution in [0.4, 0.5) is 4.39 Å². The predicted molar refractivity (Wildman–Crippen MR) is 80.5 cm³/mol. The van der Waals surface area contributed by atoms with Crippen LogP contribution in [0.5, 0.6) is 0 Å². The molecule has 4 heteroatoms. The van der Waals surface area contributed by atoms with Crippen molar-refractivity contribution in [1.82, 2.24) is 4.90 Å². The number of unbranched alkanes of at least 4 members (excludes halogenated alkanes) is 1. The van der Waals surface area contributed by atoms with Gasteiger partial charge in [0.1, 0.15) is 5.82 Å². The third-order valence-corrected chi connectivity index (χ3v) is 4.45. The van der Waals surface area contributed by atoms with E-state index in [0.717, 1.165) is 16.6 Å². The molecule has 0 saturated heterocycles. The Morgan fingerprint density at radius 2 is 2.21 bits per heavy atom. The third-order valence-electron chi connectivity index (χ3n) is 3.73. The number of halogens is 2. The fraction of sp³-hybridized carbons (Fsp3) is 0.600. The summed E-state index contributed by atoms with van der Waals surface area (Å²) >= 11 is 3.53. The van der Waals surface area contributed by atoms with Crippen LogP contribution in [0.25, 0.3) is 0 Å². The zero-order chi connectivity index (χ0) is 13.8. The first-order chi connectivity index (χ1) is 9.17. The summed E-state index contributed by atoms with van der Waals surface area (Å²) < 4.78 is 14.4. The lowest BCUT2D eigenvalue weighted by atomic mass is 10.0. The summed E-state index contributed by atoms with van der Waals surface area (Å²) in [5.74, 6) is -0.192. The lowest BCUT2D eigenvalue weighted by Gasteiger charge is -2.32. The molecule has 0 heterocycles. The normalized spacial score (nSPS) is 16.9. The quantitative estimate of drug-likeness (QED) is 0.823. The Balaban J connectivity index is 2.22. The third kappa shape index (κ3) is 3.77. The Morgan fingerprint density at radius 3 is 2.79 bits per heavy atom. The predicted octanol–water partition coefficient (Wildman–Crippen LogP) is 3.85. The van der Waals surface area contributed by atoms with E-state index in [1.807, 2.05) is 0 Å². The fourth-order valence-corrected chi connectivity index (χ4v) is 3.06. The average Bonchev–Trinajstić information content (AvgIpc) is 3.22. The summed E-state index contributed by atoms with van der Waals surface area (Å²) in [7, 11) is 0. The Bertz CT molecular complexity index is 421. The minimum absolute atomic E-state index is 0.115. The average molecular weight is 329 g/mol. The van der Waals surface area contributed by atoms with E-state index in [9.17, 15) is 4.39 Å². The van der Waals surface area contributed by atoms with E-state index in [-0.39, 0.29) is 11.9 Å². The molecule has 2 nitrogen and oxygen atoms in total. The van der Waals surface area contributed by atoms with E-state index in [1.165, 1.54) is 31.7 Å². The highest BCUT2D eigenvalue weighted by atomic mass is 79.9. The minimum atomic E-state index is -0.192. The van der Waals surface area contributed by atoms with E-state index in [1.54, 1.807) is 12.1 Å². The molecule has 2 N–H and O–H groups in total. The summed E-state index contributed by atoms with van der Waals surface area (Å²) in [4.78, 5) is 2.46. The van der Waals surface area contributed by atoms with E-state index in [4.69, 9.17) is 5.73 Å². The Kier molecular flexibility index (Phi) is 5.37. The Labute approximate surface area is 123 Å². The highest BCUT2D eigenvalue weighted by Gasteiger charge is 2.34. The van der Waals surface area contributed by atoms with Crippen molar-refractivity contribution in [3.05, 3.63) is 34.1 Å². The van der Waals surface area contributed by atoms with E-state index in [0.29, 0.717) is 12.6 Å². The largest absolute Gasteiger partial charge is 0.329 e. The fourth-order valence-electron chi connectivity index (χ4n) is 2.55. The molecule has 1 unspecified atom stereocenters. The van der Waals surface area contributed by atoms with Gasteiger partial charge in [0, 0.05) is 23.1 Å². The summed E-state index contributed by atoms with van der Waals surface area (Å²) in [6.45, 7) is 3.77. The van der Waals surface area contributed by atoms with Crippen LogP contribution < -0.4 is 5.73 Å². The van der Waals surface area contributed by atoms with Crippen LogP contribution >= 0.6 is 15.9 Å². The molecule has 1 saturated carbocycles. The van der Waals surface area contributed by atoms with Crippen LogP contribution in [0, 0.1) is 5.82 Å². The molecular formula is C15H22BrFN2.